The summed E-state index contributed by atoms with van der Waals surface area (Å²) in [4.78, 5) is 26.4. The second-order valence-electron chi connectivity index (χ2n) is 4.38. The molecule has 0 radical (unpaired) electrons. The van der Waals surface area contributed by atoms with Gasteiger partial charge in [-0.1, -0.05) is 11.6 Å². The van der Waals surface area contributed by atoms with Crippen LogP contribution in [-0.2, 0) is 6.54 Å². The fraction of sp³-hybridized carbons (Fsp3) is 0.0714. The van der Waals surface area contributed by atoms with E-state index in [0.29, 0.717) is 17.4 Å². The largest absolute Gasteiger partial charge is 0.420 e. The van der Waals surface area contributed by atoms with Crippen molar-refractivity contribution in [3.05, 3.63) is 63.1 Å². The second-order valence-corrected chi connectivity index (χ2v) is 4.82. The molecule has 0 fully saturated rings. The first-order chi connectivity index (χ1) is 10.1. The van der Waals surface area contributed by atoms with Gasteiger partial charge in [-0.25, -0.2) is 9.18 Å². The van der Waals surface area contributed by atoms with Crippen LogP contribution in [0, 0.1) is 5.82 Å². The molecular weight excluding hydrogens is 299 g/mol. The van der Waals surface area contributed by atoms with Gasteiger partial charge in [-0.2, -0.15) is 0 Å². The molecule has 2 aromatic heterocycles. The number of benzene rings is 1. The third-order valence-electron chi connectivity index (χ3n) is 3.02. The molecule has 2 heterocycles. The van der Waals surface area contributed by atoms with Crippen LogP contribution >= 0.6 is 11.6 Å². The predicted octanol–water partition coefficient (Wildman–Crippen LogP) is 2.64. The van der Waals surface area contributed by atoms with Crippen LogP contribution in [0.4, 0.5) is 4.39 Å². The number of halogens is 2. The van der Waals surface area contributed by atoms with E-state index in [0.717, 1.165) is 6.07 Å². The first kappa shape index (κ1) is 13.5. The number of oxazole rings is 1. The molecule has 1 aromatic carbocycles. The fourth-order valence-electron chi connectivity index (χ4n) is 2.01. The molecule has 0 saturated carbocycles. The number of pyridine rings is 1. The van der Waals surface area contributed by atoms with E-state index in [1.807, 2.05) is 0 Å². The number of aromatic nitrogens is 2. The van der Waals surface area contributed by atoms with Crippen molar-refractivity contribution in [2.45, 2.75) is 6.54 Å². The highest BCUT2D eigenvalue weighted by molar-refractivity contribution is 6.30. The molecule has 0 aliphatic heterocycles. The zero-order valence-electron chi connectivity index (χ0n) is 10.5. The number of carbonyl (C=O) groups excluding carboxylic acids is 1. The van der Waals surface area contributed by atoms with Crippen molar-refractivity contribution in [2.24, 2.45) is 0 Å². The molecule has 0 atom stereocenters. The van der Waals surface area contributed by atoms with Crippen LogP contribution in [0.5, 0.6) is 0 Å². The number of hydrogen-bond acceptors (Lipinski definition) is 4. The minimum absolute atomic E-state index is 0.0728. The highest BCUT2D eigenvalue weighted by Gasteiger charge is 2.13. The number of aldehydes is 1. The normalized spacial score (nSPS) is 11.0. The van der Waals surface area contributed by atoms with Gasteiger partial charge in [0.1, 0.15) is 12.1 Å². The number of fused-ring (bicyclic) bond motifs is 1. The van der Waals surface area contributed by atoms with E-state index in [9.17, 15) is 14.0 Å². The molecule has 0 bridgehead atoms. The lowest BCUT2D eigenvalue weighted by molar-refractivity contribution is 0.112. The molecule has 0 amide bonds. The number of rotatable bonds is 3. The van der Waals surface area contributed by atoms with E-state index in [-0.39, 0.29) is 22.8 Å². The van der Waals surface area contributed by atoms with E-state index in [1.54, 1.807) is 12.1 Å². The Morgan fingerprint density at radius 2 is 2.19 bits per heavy atom. The lowest BCUT2D eigenvalue weighted by Gasteiger charge is -2.03. The van der Waals surface area contributed by atoms with E-state index in [1.165, 1.54) is 16.8 Å². The maximum absolute atomic E-state index is 13.8. The van der Waals surface area contributed by atoms with Gasteiger partial charge in [-0.05, 0) is 24.3 Å². The molecule has 0 spiro atoms. The number of carbonyl (C=O) groups is 1. The molecule has 21 heavy (non-hydrogen) atoms. The van der Waals surface area contributed by atoms with Crippen molar-refractivity contribution in [1.29, 1.82) is 0 Å². The van der Waals surface area contributed by atoms with E-state index < -0.39 is 11.6 Å². The first-order valence-electron chi connectivity index (χ1n) is 5.97. The Morgan fingerprint density at radius 3 is 2.90 bits per heavy atom. The molecular formula is C14H8ClFN2O3. The van der Waals surface area contributed by atoms with Gasteiger partial charge in [0.2, 0.25) is 0 Å². The molecule has 0 aliphatic carbocycles. The first-order valence-corrected chi connectivity index (χ1v) is 6.35. The van der Waals surface area contributed by atoms with Crippen molar-refractivity contribution >= 4 is 29.0 Å². The van der Waals surface area contributed by atoms with Gasteiger partial charge in [0, 0.05) is 11.8 Å². The van der Waals surface area contributed by atoms with Crippen molar-refractivity contribution in [3.8, 4) is 0 Å². The summed E-state index contributed by atoms with van der Waals surface area (Å²) < 4.78 is 20.0. The summed E-state index contributed by atoms with van der Waals surface area (Å²) in [6, 6.07) is 5.69. The maximum Gasteiger partial charge on any atom is 0.420 e. The van der Waals surface area contributed by atoms with Gasteiger partial charge in [0.25, 0.3) is 0 Å². The van der Waals surface area contributed by atoms with Crippen molar-refractivity contribution in [1.82, 2.24) is 9.55 Å². The van der Waals surface area contributed by atoms with Gasteiger partial charge >= 0.3 is 5.76 Å². The van der Waals surface area contributed by atoms with Gasteiger partial charge in [0.15, 0.2) is 5.58 Å². The van der Waals surface area contributed by atoms with Gasteiger partial charge in [0.05, 0.1) is 22.8 Å². The molecule has 0 saturated heterocycles. The van der Waals surface area contributed by atoms with Crippen LogP contribution in [0.2, 0.25) is 5.02 Å². The molecule has 3 aromatic rings. The highest BCUT2D eigenvalue weighted by atomic mass is 35.5. The standard InChI is InChI=1S/C14H8ClFN2O3/c15-9-4-10(16)11(17-5-9)6-18-12-2-1-8(7-19)3-13(12)21-14(18)20/h1-5,7H,6H2. The summed E-state index contributed by atoms with van der Waals surface area (Å²) in [6.45, 7) is -0.0880. The smallest absolute Gasteiger partial charge is 0.408 e. The summed E-state index contributed by atoms with van der Waals surface area (Å²) in [7, 11) is 0. The Hall–Kier alpha value is -2.47. The summed E-state index contributed by atoms with van der Waals surface area (Å²) >= 11 is 5.64. The summed E-state index contributed by atoms with van der Waals surface area (Å²) in [5.74, 6) is -1.25. The molecule has 0 N–H and O–H groups in total. The quantitative estimate of drug-likeness (QED) is 0.698. The van der Waals surface area contributed by atoms with Gasteiger partial charge < -0.3 is 4.42 Å². The Balaban J connectivity index is 2.10. The van der Waals surface area contributed by atoms with Crippen LogP contribution in [0.3, 0.4) is 0 Å². The fourth-order valence-corrected chi connectivity index (χ4v) is 2.16. The summed E-state index contributed by atoms with van der Waals surface area (Å²) in [5.41, 5.74) is 1.18. The minimum Gasteiger partial charge on any atom is -0.408 e. The third-order valence-corrected chi connectivity index (χ3v) is 3.23. The van der Waals surface area contributed by atoms with Crippen molar-refractivity contribution in [3.63, 3.8) is 0 Å². The molecule has 3 rings (SSSR count). The van der Waals surface area contributed by atoms with E-state index in [4.69, 9.17) is 16.0 Å². The molecule has 7 heteroatoms. The molecule has 5 nitrogen and oxygen atoms in total. The van der Waals surface area contributed by atoms with Crippen molar-refractivity contribution in [2.75, 3.05) is 0 Å². The van der Waals surface area contributed by atoms with Crippen LogP contribution < -0.4 is 5.76 Å². The predicted molar refractivity (Wildman–Crippen MR) is 74.2 cm³/mol. The lowest BCUT2D eigenvalue weighted by Crippen LogP contribution is -2.16. The monoisotopic (exact) mass is 306 g/mol. The second kappa shape index (κ2) is 5.14. The van der Waals surface area contributed by atoms with Crippen LogP contribution in [0.25, 0.3) is 11.1 Å². The zero-order valence-corrected chi connectivity index (χ0v) is 11.3. The Morgan fingerprint density at radius 1 is 1.38 bits per heavy atom. The van der Waals surface area contributed by atoms with Crippen LogP contribution in [0.1, 0.15) is 16.1 Å². The highest BCUT2D eigenvalue weighted by Crippen LogP contribution is 2.17. The van der Waals surface area contributed by atoms with E-state index >= 15 is 0 Å². The van der Waals surface area contributed by atoms with Crippen molar-refractivity contribution < 1.29 is 13.6 Å². The Labute approximate surface area is 122 Å². The Kier molecular flexibility index (Phi) is 3.31. The SMILES string of the molecule is O=Cc1ccc2c(c1)oc(=O)n2Cc1ncc(Cl)cc1F. The molecule has 0 aliphatic rings. The average Bonchev–Trinajstić information content (AvgIpc) is 2.77. The third kappa shape index (κ3) is 2.45. The molecule has 0 unspecified atom stereocenters. The lowest BCUT2D eigenvalue weighted by atomic mass is 10.2. The number of hydrogen-bond donors (Lipinski definition) is 0. The summed E-state index contributed by atoms with van der Waals surface area (Å²) in [5, 5.41) is 0.177. The zero-order chi connectivity index (χ0) is 15.0. The summed E-state index contributed by atoms with van der Waals surface area (Å²) in [6.07, 6.45) is 1.95. The Bertz CT molecular complexity index is 901. The topological polar surface area (TPSA) is 65.1 Å². The van der Waals surface area contributed by atoms with Crippen LogP contribution in [-0.4, -0.2) is 15.8 Å². The average molecular weight is 307 g/mol. The van der Waals surface area contributed by atoms with Gasteiger partial charge in [-0.15, -0.1) is 0 Å². The van der Waals surface area contributed by atoms with Crippen LogP contribution in [0.15, 0.2) is 39.7 Å². The minimum atomic E-state index is -0.649. The molecule has 106 valence electrons. The number of nitrogens with zero attached hydrogens (tertiary/aromatic N) is 2. The maximum atomic E-state index is 13.8. The van der Waals surface area contributed by atoms with E-state index in [2.05, 4.69) is 4.98 Å². The van der Waals surface area contributed by atoms with Gasteiger partial charge in [-0.3, -0.25) is 14.3 Å².